The molecule has 4 heteroatoms. The first-order valence-corrected chi connectivity index (χ1v) is 11.2. The number of hydrogen-bond donors (Lipinski definition) is 0. The minimum atomic E-state index is 0.107. The van der Waals surface area contributed by atoms with Crippen LogP contribution in [0.25, 0.3) is 0 Å². The van der Waals surface area contributed by atoms with Crippen LogP contribution in [-0.2, 0) is 0 Å². The lowest BCUT2D eigenvalue weighted by Gasteiger charge is -2.23. The van der Waals surface area contributed by atoms with Gasteiger partial charge in [0.05, 0.1) is 5.71 Å². The normalized spacial score (nSPS) is 15.7. The van der Waals surface area contributed by atoms with Crippen molar-refractivity contribution in [1.29, 1.82) is 0 Å². The van der Waals surface area contributed by atoms with Gasteiger partial charge in [-0.25, -0.2) is 0 Å². The average molecular weight is 408 g/mol. The molecule has 0 amide bonds. The van der Waals surface area contributed by atoms with Crippen molar-refractivity contribution in [2.75, 3.05) is 45.7 Å². The maximum atomic E-state index is 12.0. The fourth-order valence-electron chi connectivity index (χ4n) is 3.66. The third-order valence-corrected chi connectivity index (χ3v) is 4.98. The van der Waals surface area contributed by atoms with Crippen LogP contribution in [-0.4, -0.2) is 57.2 Å². The predicted molar refractivity (Wildman–Crippen MR) is 129 cm³/mol. The average Bonchev–Trinajstić information content (AvgIpc) is 3.05. The number of rotatable bonds is 2. The van der Waals surface area contributed by atoms with E-state index in [1.54, 1.807) is 0 Å². The molecule has 0 aromatic heterocycles. The number of carbonyl (C=O) groups is 1. The molecule has 2 aromatic rings. The van der Waals surface area contributed by atoms with Crippen LogP contribution in [0, 0.1) is 0 Å². The van der Waals surface area contributed by atoms with Gasteiger partial charge in [0, 0.05) is 35.5 Å². The molecule has 0 N–H and O–H groups in total. The Labute approximate surface area is 182 Å². The van der Waals surface area contributed by atoms with E-state index in [1.807, 2.05) is 64.2 Å². The molecule has 0 spiro atoms. The van der Waals surface area contributed by atoms with Gasteiger partial charge in [-0.2, -0.15) is 0 Å². The number of anilines is 1. The summed E-state index contributed by atoms with van der Waals surface area (Å²) in [5.74, 6) is 0.107. The van der Waals surface area contributed by atoms with Crippen molar-refractivity contribution in [1.82, 2.24) is 4.90 Å². The van der Waals surface area contributed by atoms with Crippen LogP contribution in [0.15, 0.2) is 53.5 Å². The Morgan fingerprint density at radius 1 is 0.800 bits per heavy atom. The number of benzene rings is 2. The third kappa shape index (κ3) is 6.53. The maximum Gasteiger partial charge on any atom is 0.184 e. The van der Waals surface area contributed by atoms with Gasteiger partial charge in [0.1, 0.15) is 6.54 Å². The molecule has 30 heavy (non-hydrogen) atoms. The summed E-state index contributed by atoms with van der Waals surface area (Å²) in [7, 11) is 6.00. The second kappa shape index (κ2) is 12.3. The van der Waals surface area contributed by atoms with E-state index in [0.717, 1.165) is 35.5 Å². The van der Waals surface area contributed by atoms with Gasteiger partial charge >= 0.3 is 0 Å². The summed E-state index contributed by atoms with van der Waals surface area (Å²) in [5.41, 5.74) is 5.07. The van der Waals surface area contributed by atoms with Gasteiger partial charge in [-0.05, 0) is 46.1 Å². The van der Waals surface area contributed by atoms with Crippen molar-refractivity contribution < 1.29 is 4.79 Å². The second-order valence-electron chi connectivity index (χ2n) is 7.92. The van der Waals surface area contributed by atoms with E-state index in [9.17, 15) is 4.79 Å². The molecule has 0 atom stereocenters. The Kier molecular flexibility index (Phi) is 9.75. The van der Waals surface area contributed by atoms with Crippen molar-refractivity contribution in [2.24, 2.45) is 4.99 Å². The maximum absolute atomic E-state index is 12.0. The summed E-state index contributed by atoms with van der Waals surface area (Å²) in [6, 6.07) is 16.5. The van der Waals surface area contributed by atoms with Crippen LogP contribution < -0.4 is 4.90 Å². The quantitative estimate of drug-likeness (QED) is 0.677. The fourth-order valence-corrected chi connectivity index (χ4v) is 3.66. The van der Waals surface area contributed by atoms with Crippen LogP contribution in [0.4, 0.5) is 5.69 Å². The highest BCUT2D eigenvalue weighted by atomic mass is 16.1. The molecule has 2 heterocycles. The highest BCUT2D eigenvalue weighted by Crippen LogP contribution is 2.24. The van der Waals surface area contributed by atoms with Crippen molar-refractivity contribution in [3.63, 3.8) is 0 Å². The number of carbonyl (C=O) groups excluding carboxylic acids is 1. The van der Waals surface area contributed by atoms with Gasteiger partial charge in [0.15, 0.2) is 5.78 Å². The SMILES string of the molecule is CC.CN(C)C.O=C1CN=C(c2ccc(N3CCCCCC3)cc2)c2ccccc21. The van der Waals surface area contributed by atoms with E-state index >= 15 is 0 Å². The van der Waals surface area contributed by atoms with Crippen LogP contribution in [0.1, 0.15) is 61.0 Å². The summed E-state index contributed by atoms with van der Waals surface area (Å²) in [5, 5.41) is 0. The van der Waals surface area contributed by atoms with Gasteiger partial charge in [0.2, 0.25) is 0 Å². The van der Waals surface area contributed by atoms with Crippen LogP contribution in [0.5, 0.6) is 0 Å². The van der Waals surface area contributed by atoms with Crippen LogP contribution in [0.2, 0.25) is 0 Å². The molecule has 0 radical (unpaired) electrons. The number of ketones is 1. The highest BCUT2D eigenvalue weighted by molar-refractivity contribution is 6.21. The Hall–Kier alpha value is -2.46. The molecule has 162 valence electrons. The summed E-state index contributed by atoms with van der Waals surface area (Å²) < 4.78 is 0. The molecule has 2 aromatic carbocycles. The first-order valence-electron chi connectivity index (χ1n) is 11.2. The summed E-state index contributed by atoms with van der Waals surface area (Å²) in [6.07, 6.45) is 5.25. The van der Waals surface area contributed by atoms with Gasteiger partial charge in [0.25, 0.3) is 0 Å². The second-order valence-corrected chi connectivity index (χ2v) is 7.92. The molecule has 0 bridgehead atoms. The van der Waals surface area contributed by atoms with E-state index in [4.69, 9.17) is 0 Å². The Balaban J connectivity index is 0.000000481. The summed E-state index contributed by atoms with van der Waals surface area (Å²) in [6.45, 7) is 6.55. The molecule has 2 aliphatic rings. The third-order valence-electron chi connectivity index (χ3n) is 4.98. The molecular weight excluding hydrogens is 370 g/mol. The largest absolute Gasteiger partial charge is 0.372 e. The molecule has 1 saturated heterocycles. The monoisotopic (exact) mass is 407 g/mol. The zero-order valence-corrected chi connectivity index (χ0v) is 19.3. The molecule has 4 rings (SSSR count). The van der Waals surface area contributed by atoms with Crippen LogP contribution >= 0.6 is 0 Å². The Morgan fingerprint density at radius 3 is 1.90 bits per heavy atom. The molecular formula is C26H37N3O. The van der Waals surface area contributed by atoms with Gasteiger partial charge in [-0.1, -0.05) is 63.1 Å². The Bertz CT molecular complexity index is 814. The standard InChI is InChI=1S/C21H22N2O.C3H9N.C2H6/c24-20-15-22-21(19-8-4-3-7-18(19)20)16-9-11-17(12-10-16)23-13-5-1-2-6-14-23;1-4(2)3;1-2/h3-4,7-12H,1-2,5-6,13-15H2;1-3H3;1-2H3. The van der Waals surface area contributed by atoms with Gasteiger partial charge in [-0.15, -0.1) is 0 Å². The number of hydrogen-bond acceptors (Lipinski definition) is 4. The molecule has 4 nitrogen and oxygen atoms in total. The van der Waals surface area contributed by atoms with E-state index < -0.39 is 0 Å². The van der Waals surface area contributed by atoms with E-state index in [2.05, 4.69) is 34.2 Å². The number of Topliss-reactive ketones (excluding diaryl/α,β-unsaturated/α-hetero) is 1. The minimum Gasteiger partial charge on any atom is -0.372 e. The molecule has 0 saturated carbocycles. The Morgan fingerprint density at radius 2 is 1.33 bits per heavy atom. The first-order chi connectivity index (χ1) is 14.6. The van der Waals surface area contributed by atoms with Crippen molar-refractivity contribution >= 4 is 17.2 Å². The van der Waals surface area contributed by atoms with E-state index in [0.29, 0.717) is 0 Å². The van der Waals surface area contributed by atoms with Crippen molar-refractivity contribution in [2.45, 2.75) is 39.5 Å². The van der Waals surface area contributed by atoms with Crippen molar-refractivity contribution in [3.8, 4) is 0 Å². The zero-order valence-electron chi connectivity index (χ0n) is 19.3. The van der Waals surface area contributed by atoms with E-state index in [-0.39, 0.29) is 12.3 Å². The first kappa shape index (κ1) is 23.8. The molecule has 0 aliphatic carbocycles. The lowest BCUT2D eigenvalue weighted by Crippen LogP contribution is -2.24. The molecule has 0 unspecified atom stereocenters. The minimum absolute atomic E-state index is 0.107. The van der Waals surface area contributed by atoms with Gasteiger partial charge in [-0.3, -0.25) is 9.79 Å². The zero-order chi connectivity index (χ0) is 21.9. The fraction of sp³-hybridized carbons (Fsp3) is 0.462. The summed E-state index contributed by atoms with van der Waals surface area (Å²) in [4.78, 5) is 21.1. The summed E-state index contributed by atoms with van der Waals surface area (Å²) >= 11 is 0. The van der Waals surface area contributed by atoms with Crippen molar-refractivity contribution in [3.05, 3.63) is 65.2 Å². The van der Waals surface area contributed by atoms with E-state index in [1.165, 1.54) is 31.4 Å². The van der Waals surface area contributed by atoms with Crippen LogP contribution in [0.3, 0.4) is 0 Å². The molecule has 2 aliphatic heterocycles. The topological polar surface area (TPSA) is 35.9 Å². The number of fused-ring (bicyclic) bond motifs is 1. The lowest BCUT2D eigenvalue weighted by atomic mass is 9.92. The lowest BCUT2D eigenvalue weighted by molar-refractivity contribution is 0.1000. The number of aliphatic imine (C=N–C) groups is 1. The number of nitrogens with zero attached hydrogens (tertiary/aromatic N) is 3. The highest BCUT2D eigenvalue weighted by Gasteiger charge is 2.21. The predicted octanol–water partition coefficient (Wildman–Crippen LogP) is 5.30. The molecule has 1 fully saturated rings. The van der Waals surface area contributed by atoms with Gasteiger partial charge < -0.3 is 9.80 Å². The smallest absolute Gasteiger partial charge is 0.184 e.